The molecule has 9 nitrogen and oxygen atoms in total. The molecule has 0 aliphatic carbocycles. The van der Waals surface area contributed by atoms with Crippen LogP contribution in [0.25, 0.3) is 0 Å². The van der Waals surface area contributed by atoms with E-state index < -0.39 is 10.8 Å². The molecule has 2 heterocycles. The summed E-state index contributed by atoms with van der Waals surface area (Å²) in [6.45, 7) is 2.60. The van der Waals surface area contributed by atoms with E-state index in [-0.39, 0.29) is 11.5 Å². The highest BCUT2D eigenvalue weighted by Gasteiger charge is 2.17. The summed E-state index contributed by atoms with van der Waals surface area (Å²) < 4.78 is 1.70. The molecule has 1 aromatic carbocycles. The molecule has 0 aliphatic rings. The number of aryl methyl sites for hydroxylation is 1. The van der Waals surface area contributed by atoms with E-state index in [0.717, 1.165) is 17.2 Å². The number of aromatic nitrogens is 4. The Bertz CT molecular complexity index is 898. The zero-order chi connectivity index (χ0) is 17.1. The van der Waals surface area contributed by atoms with Crippen molar-refractivity contribution < 1.29 is 9.72 Å². The number of nitrogens with zero attached hydrogens (tertiary/aromatic N) is 4. The van der Waals surface area contributed by atoms with Crippen LogP contribution in [0.2, 0.25) is 0 Å². The van der Waals surface area contributed by atoms with Gasteiger partial charge in [0.2, 0.25) is 0 Å². The van der Waals surface area contributed by atoms with Gasteiger partial charge in [-0.1, -0.05) is 29.4 Å². The normalized spacial score (nSPS) is 10.5. The van der Waals surface area contributed by atoms with Crippen molar-refractivity contribution in [3.05, 3.63) is 69.7 Å². The van der Waals surface area contributed by atoms with Gasteiger partial charge in [0.25, 0.3) is 5.91 Å². The van der Waals surface area contributed by atoms with Crippen LogP contribution >= 0.6 is 0 Å². The minimum absolute atomic E-state index is 0.0617. The maximum Gasteiger partial charge on any atom is 0.343 e. The molecule has 0 aliphatic heterocycles. The van der Waals surface area contributed by atoms with Gasteiger partial charge in [0.1, 0.15) is 0 Å². The first-order valence-corrected chi connectivity index (χ1v) is 7.11. The summed E-state index contributed by atoms with van der Waals surface area (Å²) in [7, 11) is 0. The predicted octanol–water partition coefficient (Wildman–Crippen LogP) is 2.12. The average Bonchev–Trinajstić information content (AvgIpc) is 3.19. The van der Waals surface area contributed by atoms with Crippen molar-refractivity contribution in [3.8, 4) is 0 Å². The van der Waals surface area contributed by atoms with E-state index in [0.29, 0.717) is 12.2 Å². The van der Waals surface area contributed by atoms with Gasteiger partial charge >= 0.3 is 5.82 Å². The SMILES string of the molecule is Cc1ccccc1Cn1cc(NC(=O)c2cc([N+](=O)[O-])[nH]n2)cn1. The van der Waals surface area contributed by atoms with E-state index in [1.54, 1.807) is 10.9 Å². The molecular weight excluding hydrogens is 312 g/mol. The van der Waals surface area contributed by atoms with E-state index in [4.69, 9.17) is 0 Å². The molecule has 2 aromatic heterocycles. The lowest BCUT2D eigenvalue weighted by molar-refractivity contribution is -0.389. The number of carbonyl (C=O) groups excluding carboxylic acids is 1. The van der Waals surface area contributed by atoms with Gasteiger partial charge in [0.15, 0.2) is 5.69 Å². The first-order chi connectivity index (χ1) is 11.5. The fourth-order valence-electron chi connectivity index (χ4n) is 2.19. The third-order valence-electron chi connectivity index (χ3n) is 3.48. The first-order valence-electron chi connectivity index (χ1n) is 7.11. The summed E-state index contributed by atoms with van der Waals surface area (Å²) in [5.41, 5.74) is 2.71. The van der Waals surface area contributed by atoms with E-state index in [9.17, 15) is 14.9 Å². The number of benzene rings is 1. The molecule has 3 rings (SSSR count). The number of hydrogen-bond donors (Lipinski definition) is 2. The van der Waals surface area contributed by atoms with Gasteiger partial charge in [-0.15, -0.1) is 5.10 Å². The van der Waals surface area contributed by atoms with Crippen molar-refractivity contribution in [2.24, 2.45) is 0 Å². The fraction of sp³-hybridized carbons (Fsp3) is 0.133. The van der Waals surface area contributed by atoms with Crippen LogP contribution in [0, 0.1) is 17.0 Å². The molecule has 0 radical (unpaired) electrons. The summed E-state index contributed by atoms with van der Waals surface area (Å²) in [6, 6.07) is 9.03. The highest BCUT2D eigenvalue weighted by molar-refractivity contribution is 6.02. The van der Waals surface area contributed by atoms with Crippen molar-refractivity contribution in [3.63, 3.8) is 0 Å². The van der Waals surface area contributed by atoms with Crippen LogP contribution in [0.1, 0.15) is 21.6 Å². The Kier molecular flexibility index (Phi) is 4.06. The lowest BCUT2D eigenvalue weighted by Gasteiger charge is -2.05. The fourth-order valence-corrected chi connectivity index (χ4v) is 2.19. The quantitative estimate of drug-likeness (QED) is 0.550. The third kappa shape index (κ3) is 3.29. The molecular formula is C15H14N6O3. The van der Waals surface area contributed by atoms with Gasteiger partial charge in [-0.25, -0.2) is 0 Å². The molecule has 0 atom stereocenters. The number of amides is 1. The molecule has 2 N–H and O–H groups in total. The average molecular weight is 326 g/mol. The van der Waals surface area contributed by atoms with Crippen molar-refractivity contribution >= 4 is 17.4 Å². The van der Waals surface area contributed by atoms with Gasteiger partial charge < -0.3 is 15.4 Å². The number of hydrogen-bond acceptors (Lipinski definition) is 5. The number of H-pyrrole nitrogens is 1. The number of rotatable bonds is 5. The van der Waals surface area contributed by atoms with Crippen molar-refractivity contribution in [2.75, 3.05) is 5.32 Å². The van der Waals surface area contributed by atoms with Crippen LogP contribution in [-0.2, 0) is 6.54 Å². The number of anilines is 1. The number of nitro groups is 1. The maximum absolute atomic E-state index is 12.0. The summed E-state index contributed by atoms with van der Waals surface area (Å²) in [5.74, 6) is -0.884. The summed E-state index contributed by atoms with van der Waals surface area (Å²) in [5, 5.41) is 23.2. The van der Waals surface area contributed by atoms with Gasteiger partial charge in [-0.05, 0) is 23.0 Å². The monoisotopic (exact) mass is 326 g/mol. The second-order valence-electron chi connectivity index (χ2n) is 5.20. The molecule has 122 valence electrons. The zero-order valence-electron chi connectivity index (χ0n) is 12.8. The predicted molar refractivity (Wildman–Crippen MR) is 85.7 cm³/mol. The second-order valence-corrected chi connectivity index (χ2v) is 5.20. The highest BCUT2D eigenvalue weighted by Crippen LogP contribution is 2.13. The molecule has 0 spiro atoms. The van der Waals surface area contributed by atoms with E-state index in [1.165, 1.54) is 6.20 Å². The summed E-state index contributed by atoms with van der Waals surface area (Å²) in [6.07, 6.45) is 3.20. The molecule has 0 saturated carbocycles. The second kappa shape index (κ2) is 6.32. The molecule has 3 aromatic rings. The topological polar surface area (TPSA) is 119 Å². The van der Waals surface area contributed by atoms with Crippen LogP contribution in [0.15, 0.2) is 42.7 Å². The van der Waals surface area contributed by atoms with E-state index in [2.05, 4.69) is 20.6 Å². The largest absolute Gasteiger partial charge is 0.358 e. The molecule has 0 saturated heterocycles. The molecule has 24 heavy (non-hydrogen) atoms. The highest BCUT2D eigenvalue weighted by atomic mass is 16.6. The Morgan fingerprint density at radius 2 is 2.21 bits per heavy atom. The zero-order valence-corrected chi connectivity index (χ0v) is 12.8. The molecule has 9 heteroatoms. The van der Waals surface area contributed by atoms with Crippen molar-refractivity contribution in [2.45, 2.75) is 13.5 Å². The van der Waals surface area contributed by atoms with Gasteiger partial charge in [0, 0.05) is 6.20 Å². The van der Waals surface area contributed by atoms with Crippen LogP contribution < -0.4 is 5.32 Å². The molecule has 0 fully saturated rings. The Balaban J connectivity index is 1.68. The number of nitrogens with one attached hydrogen (secondary N) is 2. The Morgan fingerprint density at radius 3 is 2.92 bits per heavy atom. The van der Waals surface area contributed by atoms with Gasteiger partial charge in [-0.2, -0.15) is 5.10 Å². The molecule has 0 unspecified atom stereocenters. The lowest BCUT2D eigenvalue weighted by atomic mass is 10.1. The first kappa shape index (κ1) is 15.4. The van der Waals surface area contributed by atoms with Gasteiger partial charge in [0.05, 0.1) is 24.5 Å². The lowest BCUT2D eigenvalue weighted by Crippen LogP contribution is -2.11. The van der Waals surface area contributed by atoms with Crippen molar-refractivity contribution in [1.29, 1.82) is 0 Å². The Labute approximate surface area is 136 Å². The van der Waals surface area contributed by atoms with Gasteiger partial charge in [-0.3, -0.25) is 9.48 Å². The molecule has 0 bridgehead atoms. The van der Waals surface area contributed by atoms with Crippen LogP contribution in [-0.4, -0.2) is 30.8 Å². The summed E-state index contributed by atoms with van der Waals surface area (Å²) >= 11 is 0. The van der Waals surface area contributed by atoms with Crippen molar-refractivity contribution in [1.82, 2.24) is 20.0 Å². The van der Waals surface area contributed by atoms with Crippen LogP contribution in [0.4, 0.5) is 11.5 Å². The number of carbonyl (C=O) groups is 1. The number of aromatic amines is 1. The smallest absolute Gasteiger partial charge is 0.343 e. The standard InChI is InChI=1S/C15H14N6O3/c1-10-4-2-3-5-11(10)8-20-9-12(7-16-20)17-15(22)13-6-14(19-18-13)21(23)24/h2-7,9H,8H2,1H3,(H,17,22)(H,18,19). The minimum atomic E-state index is -0.649. The maximum atomic E-state index is 12.0. The molecule has 1 amide bonds. The van der Waals surface area contributed by atoms with E-state index in [1.807, 2.05) is 31.2 Å². The Hall–Kier alpha value is -3.49. The van der Waals surface area contributed by atoms with Crippen LogP contribution in [0.5, 0.6) is 0 Å². The third-order valence-corrected chi connectivity index (χ3v) is 3.48. The minimum Gasteiger partial charge on any atom is -0.358 e. The summed E-state index contributed by atoms with van der Waals surface area (Å²) in [4.78, 5) is 22.0. The Morgan fingerprint density at radius 1 is 1.42 bits per heavy atom. The van der Waals surface area contributed by atoms with E-state index >= 15 is 0 Å². The van der Waals surface area contributed by atoms with Crippen LogP contribution in [0.3, 0.4) is 0 Å².